The summed E-state index contributed by atoms with van der Waals surface area (Å²) < 4.78 is 36.4. The fraction of sp³-hybridized carbons (Fsp3) is 0.364. The van der Waals surface area contributed by atoms with E-state index in [9.17, 15) is 18.0 Å². The lowest BCUT2D eigenvalue weighted by Crippen LogP contribution is -2.43. The minimum absolute atomic E-state index is 0.0874. The molecule has 8 nitrogen and oxygen atoms in total. The van der Waals surface area contributed by atoms with Crippen LogP contribution in [0.3, 0.4) is 0 Å². The zero-order valence-electron chi connectivity index (χ0n) is 17.0. The lowest BCUT2D eigenvalue weighted by molar-refractivity contribution is -0.136. The largest absolute Gasteiger partial charge is 0.486 e. The highest BCUT2D eigenvalue weighted by atomic mass is 32.2. The Balaban J connectivity index is 1.38. The van der Waals surface area contributed by atoms with Crippen molar-refractivity contribution in [3.8, 4) is 11.5 Å². The van der Waals surface area contributed by atoms with Gasteiger partial charge in [0.25, 0.3) is 0 Å². The van der Waals surface area contributed by atoms with Crippen molar-refractivity contribution in [1.82, 2.24) is 4.90 Å². The van der Waals surface area contributed by atoms with Gasteiger partial charge in [-0.1, -0.05) is 18.2 Å². The van der Waals surface area contributed by atoms with Crippen LogP contribution < -0.4 is 14.8 Å². The SMILES string of the molecule is O=C(Nc1ccccc1)C1CCCN1C(=O)CCS(=O)(=O)c1ccc2c(c1)OCCO2. The first kappa shape index (κ1) is 21.2. The van der Waals surface area contributed by atoms with Gasteiger partial charge in [0.1, 0.15) is 19.3 Å². The molecule has 1 unspecified atom stereocenters. The number of likely N-dealkylation sites (tertiary alicyclic amines) is 1. The number of fused-ring (bicyclic) bond motifs is 1. The molecule has 0 bridgehead atoms. The van der Waals surface area contributed by atoms with Crippen LogP contribution in [-0.4, -0.2) is 56.7 Å². The summed E-state index contributed by atoms with van der Waals surface area (Å²) in [6, 6.07) is 12.9. The summed E-state index contributed by atoms with van der Waals surface area (Å²) in [5.74, 6) is -0.0466. The van der Waals surface area contributed by atoms with Crippen LogP contribution in [0.2, 0.25) is 0 Å². The van der Waals surface area contributed by atoms with Gasteiger partial charge in [0.2, 0.25) is 11.8 Å². The van der Waals surface area contributed by atoms with E-state index >= 15 is 0 Å². The molecular formula is C22H24N2O6S. The average Bonchev–Trinajstić information content (AvgIpc) is 3.28. The van der Waals surface area contributed by atoms with Gasteiger partial charge in [-0.25, -0.2) is 8.42 Å². The summed E-state index contributed by atoms with van der Waals surface area (Å²) in [5.41, 5.74) is 0.660. The number of carbonyl (C=O) groups is 2. The molecule has 0 radical (unpaired) electrons. The van der Waals surface area contributed by atoms with Crippen LogP contribution in [0.1, 0.15) is 19.3 Å². The second-order valence-corrected chi connectivity index (χ2v) is 9.58. The van der Waals surface area contributed by atoms with Crippen molar-refractivity contribution in [2.75, 3.05) is 30.8 Å². The molecular weight excluding hydrogens is 420 g/mol. The Labute approximate surface area is 181 Å². The van der Waals surface area contributed by atoms with E-state index in [-0.39, 0.29) is 28.9 Å². The first-order valence-electron chi connectivity index (χ1n) is 10.2. The summed E-state index contributed by atoms with van der Waals surface area (Å²) in [4.78, 5) is 27.0. The number of hydrogen-bond donors (Lipinski definition) is 1. The van der Waals surface area contributed by atoms with E-state index in [0.29, 0.717) is 49.8 Å². The molecule has 0 aromatic heterocycles. The highest BCUT2D eigenvalue weighted by Gasteiger charge is 2.34. The predicted octanol–water partition coefficient (Wildman–Crippen LogP) is 2.25. The third-order valence-corrected chi connectivity index (χ3v) is 7.09. The molecule has 2 aliphatic heterocycles. The maximum absolute atomic E-state index is 12.8. The molecule has 2 heterocycles. The van der Waals surface area contributed by atoms with Gasteiger partial charge < -0.3 is 19.7 Å². The van der Waals surface area contributed by atoms with Crippen molar-refractivity contribution in [3.05, 3.63) is 48.5 Å². The highest BCUT2D eigenvalue weighted by Crippen LogP contribution is 2.32. The number of nitrogens with zero attached hydrogens (tertiary/aromatic N) is 1. The molecule has 164 valence electrons. The number of ether oxygens (including phenoxy) is 2. The second kappa shape index (κ2) is 8.97. The number of amides is 2. The molecule has 1 atom stereocenters. The topological polar surface area (TPSA) is 102 Å². The van der Waals surface area contributed by atoms with Crippen molar-refractivity contribution in [2.24, 2.45) is 0 Å². The Kier molecular flexibility index (Phi) is 6.13. The van der Waals surface area contributed by atoms with E-state index in [4.69, 9.17) is 9.47 Å². The number of benzene rings is 2. The van der Waals surface area contributed by atoms with Gasteiger partial charge in [-0.05, 0) is 37.1 Å². The second-order valence-electron chi connectivity index (χ2n) is 7.47. The van der Waals surface area contributed by atoms with Gasteiger partial charge in [0, 0.05) is 24.7 Å². The smallest absolute Gasteiger partial charge is 0.247 e. The summed E-state index contributed by atoms with van der Waals surface area (Å²) in [7, 11) is -3.69. The lowest BCUT2D eigenvalue weighted by Gasteiger charge is -2.24. The third-order valence-electron chi connectivity index (χ3n) is 5.37. The number of anilines is 1. The van der Waals surface area contributed by atoms with Crippen LogP contribution in [-0.2, 0) is 19.4 Å². The van der Waals surface area contributed by atoms with Crippen molar-refractivity contribution in [3.63, 3.8) is 0 Å². The molecule has 0 aliphatic carbocycles. The highest BCUT2D eigenvalue weighted by molar-refractivity contribution is 7.91. The molecule has 2 aromatic carbocycles. The van der Waals surface area contributed by atoms with Gasteiger partial charge in [-0.15, -0.1) is 0 Å². The van der Waals surface area contributed by atoms with Crippen molar-refractivity contribution >= 4 is 27.3 Å². The molecule has 0 spiro atoms. The molecule has 2 amide bonds. The Morgan fingerprint density at radius 3 is 2.55 bits per heavy atom. The van der Waals surface area contributed by atoms with E-state index in [2.05, 4.69) is 5.32 Å². The normalized spacial score (nSPS) is 17.9. The van der Waals surface area contributed by atoms with Crippen LogP contribution in [0.5, 0.6) is 11.5 Å². The van der Waals surface area contributed by atoms with E-state index in [1.54, 1.807) is 18.2 Å². The Hall–Kier alpha value is -3.07. The number of para-hydroxylation sites is 1. The molecule has 2 aliphatic rings. The van der Waals surface area contributed by atoms with Gasteiger partial charge in [-0.2, -0.15) is 0 Å². The minimum atomic E-state index is -3.69. The zero-order chi connectivity index (χ0) is 21.8. The van der Waals surface area contributed by atoms with Gasteiger partial charge in [0.15, 0.2) is 21.3 Å². The van der Waals surface area contributed by atoms with Crippen molar-refractivity contribution < 1.29 is 27.5 Å². The molecule has 1 saturated heterocycles. The number of rotatable bonds is 6. The van der Waals surface area contributed by atoms with Crippen LogP contribution in [0.25, 0.3) is 0 Å². The third kappa shape index (κ3) is 4.82. The quantitative estimate of drug-likeness (QED) is 0.733. The minimum Gasteiger partial charge on any atom is -0.486 e. The van der Waals surface area contributed by atoms with E-state index < -0.39 is 15.9 Å². The summed E-state index contributed by atoms with van der Waals surface area (Å²) in [5, 5.41) is 2.82. The first-order chi connectivity index (χ1) is 14.9. The van der Waals surface area contributed by atoms with Gasteiger partial charge in [0.05, 0.1) is 10.6 Å². The Bertz CT molecular complexity index is 1070. The molecule has 9 heteroatoms. The number of hydrogen-bond acceptors (Lipinski definition) is 6. The number of nitrogens with one attached hydrogen (secondary N) is 1. The van der Waals surface area contributed by atoms with Crippen LogP contribution in [0.15, 0.2) is 53.4 Å². The maximum Gasteiger partial charge on any atom is 0.247 e. The molecule has 0 saturated carbocycles. The Morgan fingerprint density at radius 1 is 1.03 bits per heavy atom. The van der Waals surface area contributed by atoms with Gasteiger partial charge in [-0.3, -0.25) is 9.59 Å². The number of carbonyl (C=O) groups excluding carboxylic acids is 2. The van der Waals surface area contributed by atoms with Crippen molar-refractivity contribution in [2.45, 2.75) is 30.2 Å². The fourth-order valence-corrected chi connectivity index (χ4v) is 5.03. The van der Waals surface area contributed by atoms with E-state index in [1.807, 2.05) is 18.2 Å². The molecule has 1 fully saturated rings. The molecule has 1 N–H and O–H groups in total. The van der Waals surface area contributed by atoms with Crippen LogP contribution in [0, 0.1) is 0 Å². The van der Waals surface area contributed by atoms with Crippen LogP contribution in [0.4, 0.5) is 5.69 Å². The summed E-state index contributed by atoms with van der Waals surface area (Å²) >= 11 is 0. The first-order valence-corrected chi connectivity index (χ1v) is 11.9. The van der Waals surface area contributed by atoms with Gasteiger partial charge >= 0.3 is 0 Å². The van der Waals surface area contributed by atoms with Crippen LogP contribution >= 0.6 is 0 Å². The maximum atomic E-state index is 12.8. The summed E-state index contributed by atoms with van der Waals surface area (Å²) in [6.07, 6.45) is 1.07. The molecule has 2 aromatic rings. The van der Waals surface area contributed by atoms with E-state index in [0.717, 1.165) is 0 Å². The molecule has 4 rings (SSSR count). The average molecular weight is 445 g/mol. The fourth-order valence-electron chi connectivity index (χ4n) is 3.79. The lowest BCUT2D eigenvalue weighted by atomic mass is 10.2. The standard InChI is InChI=1S/C22H24N2O6S/c25-21(24-11-4-7-18(24)22(26)23-16-5-2-1-3-6-16)10-14-31(27,28)17-8-9-19-20(15-17)30-13-12-29-19/h1-3,5-6,8-9,15,18H,4,7,10-14H2,(H,23,26). The van der Waals surface area contributed by atoms with Crippen molar-refractivity contribution in [1.29, 1.82) is 0 Å². The zero-order valence-corrected chi connectivity index (χ0v) is 17.8. The summed E-state index contributed by atoms with van der Waals surface area (Å²) in [6.45, 7) is 1.22. The molecule has 31 heavy (non-hydrogen) atoms. The predicted molar refractivity (Wildman–Crippen MR) is 114 cm³/mol. The Morgan fingerprint density at radius 2 is 1.77 bits per heavy atom. The number of sulfone groups is 1. The monoisotopic (exact) mass is 444 g/mol. The van der Waals surface area contributed by atoms with E-state index in [1.165, 1.54) is 17.0 Å².